The number of benzene rings is 2. The molecule has 202 valence electrons. The molecule has 0 aliphatic heterocycles. The average Bonchev–Trinajstić information content (AvgIpc) is 3.37. The third-order valence-electron chi connectivity index (χ3n) is 6.44. The lowest BCUT2D eigenvalue weighted by atomic mass is 9.95. The van der Waals surface area contributed by atoms with Crippen LogP contribution in [0.15, 0.2) is 76.9 Å². The van der Waals surface area contributed by atoms with Crippen LogP contribution in [0.4, 0.5) is 11.6 Å². The van der Waals surface area contributed by atoms with Gasteiger partial charge in [0.05, 0.1) is 10.6 Å². The SMILES string of the molecule is Cc1ccnc(NS(=O)(=O)c2ccc(NC(=O)CSc3nnc(-c4ccccc4)n3C3CCCCC3)cc2)n1. The topological polar surface area (TPSA) is 132 Å². The van der Waals surface area contributed by atoms with Gasteiger partial charge in [-0.2, -0.15) is 0 Å². The Bertz CT molecular complexity index is 1540. The van der Waals surface area contributed by atoms with E-state index >= 15 is 0 Å². The number of carbonyl (C=O) groups is 1. The second-order valence-corrected chi connectivity index (χ2v) is 11.9. The zero-order chi connectivity index (χ0) is 27.2. The summed E-state index contributed by atoms with van der Waals surface area (Å²) in [5.74, 6) is 0.750. The van der Waals surface area contributed by atoms with E-state index in [4.69, 9.17) is 0 Å². The molecule has 10 nitrogen and oxygen atoms in total. The molecule has 1 saturated carbocycles. The van der Waals surface area contributed by atoms with Crippen LogP contribution in [-0.2, 0) is 14.8 Å². The smallest absolute Gasteiger partial charge is 0.264 e. The lowest BCUT2D eigenvalue weighted by Crippen LogP contribution is -2.18. The molecule has 1 aliphatic rings. The molecule has 39 heavy (non-hydrogen) atoms. The Labute approximate surface area is 231 Å². The van der Waals surface area contributed by atoms with Crippen LogP contribution < -0.4 is 10.0 Å². The predicted molar refractivity (Wildman–Crippen MR) is 151 cm³/mol. The fourth-order valence-electron chi connectivity index (χ4n) is 4.55. The number of nitrogens with zero attached hydrogens (tertiary/aromatic N) is 5. The number of anilines is 2. The number of carbonyl (C=O) groups excluding carboxylic acids is 1. The number of nitrogens with one attached hydrogen (secondary N) is 2. The molecule has 2 heterocycles. The molecule has 2 aromatic carbocycles. The summed E-state index contributed by atoms with van der Waals surface area (Å²) in [6, 6.07) is 17.9. The molecule has 1 amide bonds. The first-order valence-corrected chi connectivity index (χ1v) is 15.2. The van der Waals surface area contributed by atoms with E-state index in [0.29, 0.717) is 17.4 Å². The van der Waals surface area contributed by atoms with Crippen molar-refractivity contribution in [3.05, 3.63) is 72.6 Å². The molecule has 5 rings (SSSR count). The van der Waals surface area contributed by atoms with Crippen molar-refractivity contribution in [2.24, 2.45) is 0 Å². The standard InChI is InChI=1S/C27H29N7O3S2/c1-19-16-17-28-26(29-19)33-39(36,37)23-14-12-21(13-15-23)30-24(35)18-38-27-32-31-25(20-8-4-2-5-9-20)34(27)22-10-6-3-7-11-22/h2,4-5,8-9,12-17,22H,3,6-7,10-11,18H2,1H3,(H,30,35)(H,28,29,33). The molecule has 0 atom stereocenters. The van der Waals surface area contributed by atoms with E-state index in [1.165, 1.54) is 49.4 Å². The molecule has 4 aromatic rings. The second kappa shape index (κ2) is 12.0. The Morgan fingerprint density at radius 2 is 1.74 bits per heavy atom. The van der Waals surface area contributed by atoms with Crippen molar-refractivity contribution in [1.82, 2.24) is 24.7 Å². The number of amides is 1. The first kappa shape index (κ1) is 26.8. The van der Waals surface area contributed by atoms with Gasteiger partial charge in [0, 0.05) is 29.2 Å². The lowest BCUT2D eigenvalue weighted by Gasteiger charge is -2.25. The van der Waals surface area contributed by atoms with E-state index in [9.17, 15) is 13.2 Å². The molecule has 0 saturated heterocycles. The van der Waals surface area contributed by atoms with Gasteiger partial charge in [0.2, 0.25) is 11.9 Å². The molecule has 0 spiro atoms. The Balaban J connectivity index is 1.24. The zero-order valence-electron chi connectivity index (χ0n) is 21.4. The lowest BCUT2D eigenvalue weighted by molar-refractivity contribution is -0.113. The molecular weight excluding hydrogens is 534 g/mol. The fraction of sp³-hybridized carbons (Fsp3) is 0.296. The van der Waals surface area contributed by atoms with Gasteiger partial charge in [-0.3, -0.25) is 9.36 Å². The van der Waals surface area contributed by atoms with Gasteiger partial charge in [-0.15, -0.1) is 10.2 Å². The summed E-state index contributed by atoms with van der Waals surface area (Å²) in [6.07, 6.45) is 7.19. The summed E-state index contributed by atoms with van der Waals surface area (Å²) in [4.78, 5) is 20.8. The van der Waals surface area contributed by atoms with Crippen LogP contribution in [0.25, 0.3) is 11.4 Å². The quantitative estimate of drug-likeness (QED) is 0.270. The molecule has 1 fully saturated rings. The van der Waals surface area contributed by atoms with Crippen LogP contribution in [0.3, 0.4) is 0 Å². The normalized spacial score (nSPS) is 14.2. The third-order valence-corrected chi connectivity index (χ3v) is 8.72. The second-order valence-electron chi connectivity index (χ2n) is 9.32. The monoisotopic (exact) mass is 563 g/mol. The van der Waals surface area contributed by atoms with Gasteiger partial charge in [0.15, 0.2) is 11.0 Å². The largest absolute Gasteiger partial charge is 0.325 e. The van der Waals surface area contributed by atoms with Gasteiger partial charge in [-0.05, 0) is 50.1 Å². The van der Waals surface area contributed by atoms with E-state index in [1.807, 2.05) is 30.3 Å². The maximum atomic E-state index is 12.8. The first-order chi connectivity index (χ1) is 18.9. The molecule has 2 aromatic heterocycles. The molecule has 0 radical (unpaired) electrons. The van der Waals surface area contributed by atoms with Gasteiger partial charge in [0.1, 0.15) is 0 Å². The van der Waals surface area contributed by atoms with Gasteiger partial charge in [-0.25, -0.2) is 23.1 Å². The van der Waals surface area contributed by atoms with Crippen molar-refractivity contribution in [3.8, 4) is 11.4 Å². The van der Waals surface area contributed by atoms with E-state index < -0.39 is 10.0 Å². The molecule has 0 unspecified atom stereocenters. The van der Waals surface area contributed by atoms with Crippen molar-refractivity contribution in [2.75, 3.05) is 15.8 Å². The van der Waals surface area contributed by atoms with Crippen LogP contribution in [0.2, 0.25) is 0 Å². The summed E-state index contributed by atoms with van der Waals surface area (Å²) >= 11 is 1.35. The third kappa shape index (κ3) is 6.63. The van der Waals surface area contributed by atoms with Gasteiger partial charge >= 0.3 is 0 Å². The highest BCUT2D eigenvalue weighted by molar-refractivity contribution is 7.99. The maximum Gasteiger partial charge on any atom is 0.264 e. The van der Waals surface area contributed by atoms with E-state index in [1.54, 1.807) is 25.1 Å². The van der Waals surface area contributed by atoms with Gasteiger partial charge in [0.25, 0.3) is 10.0 Å². The molecule has 2 N–H and O–H groups in total. The number of aryl methyl sites for hydroxylation is 1. The van der Waals surface area contributed by atoms with Crippen molar-refractivity contribution in [3.63, 3.8) is 0 Å². The van der Waals surface area contributed by atoms with Gasteiger partial charge < -0.3 is 5.32 Å². The summed E-state index contributed by atoms with van der Waals surface area (Å²) < 4.78 is 29.9. The number of aromatic nitrogens is 5. The van der Waals surface area contributed by atoms with Crippen molar-refractivity contribution < 1.29 is 13.2 Å². The van der Waals surface area contributed by atoms with Crippen LogP contribution in [0.1, 0.15) is 43.8 Å². The van der Waals surface area contributed by atoms with Crippen LogP contribution in [0.5, 0.6) is 0 Å². The summed E-state index contributed by atoms with van der Waals surface area (Å²) in [5, 5.41) is 12.5. The number of hydrogen-bond acceptors (Lipinski definition) is 8. The molecule has 12 heteroatoms. The maximum absolute atomic E-state index is 12.8. The highest BCUT2D eigenvalue weighted by Crippen LogP contribution is 2.35. The minimum absolute atomic E-state index is 0.000836. The van der Waals surface area contributed by atoms with Crippen LogP contribution >= 0.6 is 11.8 Å². The van der Waals surface area contributed by atoms with Gasteiger partial charge in [-0.1, -0.05) is 61.4 Å². The molecular formula is C27H29N7O3S2. The molecule has 1 aliphatic carbocycles. The predicted octanol–water partition coefficient (Wildman–Crippen LogP) is 5.08. The van der Waals surface area contributed by atoms with Crippen molar-refractivity contribution >= 4 is 39.3 Å². The number of thioether (sulfide) groups is 1. The number of sulfonamides is 1. The summed E-state index contributed by atoms with van der Waals surface area (Å²) in [7, 11) is -3.87. The Hall–Kier alpha value is -3.77. The van der Waals surface area contributed by atoms with E-state index in [-0.39, 0.29) is 22.5 Å². The molecule has 0 bridgehead atoms. The summed E-state index contributed by atoms with van der Waals surface area (Å²) in [6.45, 7) is 1.75. The number of rotatable bonds is 9. The van der Waals surface area contributed by atoms with Crippen molar-refractivity contribution in [2.45, 2.75) is 55.1 Å². The van der Waals surface area contributed by atoms with Crippen molar-refractivity contribution in [1.29, 1.82) is 0 Å². The van der Waals surface area contributed by atoms with E-state index in [0.717, 1.165) is 29.4 Å². The summed E-state index contributed by atoms with van der Waals surface area (Å²) in [5.41, 5.74) is 2.14. The Morgan fingerprint density at radius 1 is 1.00 bits per heavy atom. The highest BCUT2D eigenvalue weighted by Gasteiger charge is 2.24. The average molecular weight is 564 g/mol. The Kier molecular flexibility index (Phi) is 8.22. The van der Waals surface area contributed by atoms with Crippen LogP contribution in [0, 0.1) is 6.92 Å². The highest BCUT2D eigenvalue weighted by atomic mass is 32.2. The Morgan fingerprint density at radius 3 is 2.46 bits per heavy atom. The number of hydrogen-bond donors (Lipinski definition) is 2. The van der Waals surface area contributed by atoms with E-state index in [2.05, 4.69) is 34.8 Å². The minimum atomic E-state index is -3.87. The minimum Gasteiger partial charge on any atom is -0.325 e. The fourth-order valence-corrected chi connectivity index (χ4v) is 6.31. The van der Waals surface area contributed by atoms with Crippen LogP contribution in [-0.4, -0.2) is 44.8 Å². The zero-order valence-corrected chi connectivity index (χ0v) is 23.1. The first-order valence-electron chi connectivity index (χ1n) is 12.7.